The molecule has 2 rings (SSSR count). The first-order valence-electron chi connectivity index (χ1n) is 4.92. The van der Waals surface area contributed by atoms with E-state index in [4.69, 9.17) is 17.3 Å². The van der Waals surface area contributed by atoms with Crippen molar-refractivity contribution in [3.63, 3.8) is 0 Å². The molecule has 0 bridgehead atoms. The van der Waals surface area contributed by atoms with Gasteiger partial charge in [0, 0.05) is 12.1 Å². The molecule has 0 radical (unpaired) electrons. The molecule has 0 atom stereocenters. The summed E-state index contributed by atoms with van der Waals surface area (Å²) in [6.45, 7) is 1.79. The van der Waals surface area contributed by atoms with E-state index >= 15 is 0 Å². The van der Waals surface area contributed by atoms with Crippen LogP contribution in [0.4, 0.5) is 0 Å². The average Bonchev–Trinajstić information content (AvgIpc) is 2.45. The summed E-state index contributed by atoms with van der Waals surface area (Å²) in [4.78, 5) is 0. The van der Waals surface area contributed by atoms with E-state index in [9.17, 15) is 8.42 Å². The van der Waals surface area contributed by atoms with Crippen molar-refractivity contribution in [2.24, 2.45) is 5.73 Å². The zero-order chi connectivity index (χ0) is 11.9. The number of halogens is 1. The molecule has 16 heavy (non-hydrogen) atoms. The summed E-state index contributed by atoms with van der Waals surface area (Å²) in [6, 6.07) is 1.69. The highest BCUT2D eigenvalue weighted by atomic mass is 35.5. The lowest BCUT2D eigenvalue weighted by molar-refractivity contribution is 0.327. The summed E-state index contributed by atoms with van der Waals surface area (Å²) in [6.07, 6.45) is 1.41. The Hall–Kier alpha value is -0.140. The number of rotatable bonds is 3. The summed E-state index contributed by atoms with van der Waals surface area (Å²) in [5, 5.41) is 0. The molecule has 7 heteroatoms. The lowest BCUT2D eigenvalue weighted by Gasteiger charge is -2.32. The number of nitrogens with one attached hydrogen (secondary N) is 1. The van der Waals surface area contributed by atoms with Crippen molar-refractivity contribution in [1.82, 2.24) is 4.72 Å². The summed E-state index contributed by atoms with van der Waals surface area (Å²) < 4.78 is 27.2. The monoisotopic (exact) mass is 280 g/mol. The quantitative estimate of drug-likeness (QED) is 0.881. The van der Waals surface area contributed by atoms with Crippen LogP contribution in [0, 0.1) is 6.92 Å². The molecule has 0 amide bonds. The van der Waals surface area contributed by atoms with E-state index in [1.165, 1.54) is 0 Å². The van der Waals surface area contributed by atoms with Crippen LogP contribution in [0.15, 0.2) is 10.3 Å². The predicted octanol–water partition coefficient (Wildman–Crippen LogP) is 1.48. The Morgan fingerprint density at radius 1 is 1.56 bits per heavy atom. The molecule has 0 saturated heterocycles. The molecular formula is C9H13ClN2O2S2. The topological polar surface area (TPSA) is 72.2 Å². The van der Waals surface area contributed by atoms with Crippen molar-refractivity contribution in [3.8, 4) is 0 Å². The Morgan fingerprint density at radius 3 is 2.62 bits per heavy atom. The van der Waals surface area contributed by atoms with Crippen molar-refractivity contribution in [1.29, 1.82) is 0 Å². The van der Waals surface area contributed by atoms with Crippen LogP contribution in [0.25, 0.3) is 0 Å². The third-order valence-electron chi connectivity index (χ3n) is 2.60. The highest BCUT2D eigenvalue weighted by molar-refractivity contribution is 7.91. The minimum atomic E-state index is -3.42. The van der Waals surface area contributed by atoms with Gasteiger partial charge in [0.2, 0.25) is 10.0 Å². The van der Waals surface area contributed by atoms with E-state index in [2.05, 4.69) is 4.72 Å². The standard InChI is InChI=1S/C9H13ClN2O2S2/c1-5-2-8(15-9(5)10)16(13,14)12-7-3-6(11)4-7/h2,6-7,12H,3-4,11H2,1H3. The third-order valence-corrected chi connectivity index (χ3v) is 6.15. The molecule has 1 fully saturated rings. The largest absolute Gasteiger partial charge is 0.328 e. The lowest BCUT2D eigenvalue weighted by Crippen LogP contribution is -2.50. The minimum absolute atomic E-state index is 0.0267. The maximum absolute atomic E-state index is 11.9. The van der Waals surface area contributed by atoms with Gasteiger partial charge < -0.3 is 5.73 Å². The molecule has 0 spiro atoms. The van der Waals surface area contributed by atoms with Gasteiger partial charge in [-0.1, -0.05) is 11.6 Å². The number of aryl methyl sites for hydroxylation is 1. The smallest absolute Gasteiger partial charge is 0.250 e. The van der Waals surface area contributed by atoms with Gasteiger partial charge in [0.15, 0.2) is 0 Å². The molecular weight excluding hydrogens is 268 g/mol. The molecule has 90 valence electrons. The first-order chi connectivity index (χ1) is 7.38. The van der Waals surface area contributed by atoms with Crippen LogP contribution in [-0.2, 0) is 10.0 Å². The van der Waals surface area contributed by atoms with Crippen LogP contribution >= 0.6 is 22.9 Å². The van der Waals surface area contributed by atoms with E-state index in [1.54, 1.807) is 13.0 Å². The molecule has 1 aromatic heterocycles. The van der Waals surface area contributed by atoms with Crippen molar-refractivity contribution >= 4 is 33.0 Å². The zero-order valence-electron chi connectivity index (χ0n) is 8.73. The second kappa shape index (κ2) is 4.27. The van der Waals surface area contributed by atoms with Crippen molar-refractivity contribution < 1.29 is 8.42 Å². The van der Waals surface area contributed by atoms with Crippen molar-refractivity contribution in [3.05, 3.63) is 16.0 Å². The van der Waals surface area contributed by atoms with E-state index in [-0.39, 0.29) is 16.3 Å². The maximum atomic E-state index is 11.9. The van der Waals surface area contributed by atoms with Crippen molar-refractivity contribution in [2.45, 2.75) is 36.1 Å². The molecule has 1 aliphatic rings. The summed E-state index contributed by atoms with van der Waals surface area (Å²) >= 11 is 6.93. The Kier molecular flexibility index (Phi) is 3.29. The van der Waals surface area contributed by atoms with E-state index < -0.39 is 10.0 Å². The normalized spacial score (nSPS) is 25.4. The van der Waals surface area contributed by atoms with Crippen LogP contribution in [-0.4, -0.2) is 20.5 Å². The highest BCUT2D eigenvalue weighted by Gasteiger charge is 2.31. The lowest BCUT2D eigenvalue weighted by atomic mass is 9.89. The fourth-order valence-electron chi connectivity index (χ4n) is 1.60. The maximum Gasteiger partial charge on any atom is 0.250 e. The van der Waals surface area contributed by atoms with Crippen LogP contribution in [0.1, 0.15) is 18.4 Å². The van der Waals surface area contributed by atoms with Gasteiger partial charge in [0.25, 0.3) is 0 Å². The van der Waals surface area contributed by atoms with Gasteiger partial charge in [0.1, 0.15) is 4.21 Å². The van der Waals surface area contributed by atoms with Crippen LogP contribution in [0.5, 0.6) is 0 Å². The highest BCUT2D eigenvalue weighted by Crippen LogP contribution is 2.31. The first kappa shape index (κ1) is 12.3. The number of hydrogen-bond donors (Lipinski definition) is 2. The number of nitrogens with two attached hydrogens (primary N) is 1. The SMILES string of the molecule is Cc1cc(S(=O)(=O)NC2CC(N)C2)sc1Cl. The summed E-state index contributed by atoms with van der Waals surface area (Å²) in [5.74, 6) is 0. The van der Waals surface area contributed by atoms with Gasteiger partial charge in [-0.3, -0.25) is 0 Å². The molecule has 1 heterocycles. The van der Waals surface area contributed by atoms with Crippen LogP contribution in [0.3, 0.4) is 0 Å². The molecule has 1 saturated carbocycles. The van der Waals surface area contributed by atoms with Crippen LogP contribution in [0.2, 0.25) is 4.34 Å². The molecule has 1 aliphatic carbocycles. The van der Waals surface area contributed by atoms with Crippen molar-refractivity contribution in [2.75, 3.05) is 0 Å². The Labute approximate surface area is 104 Å². The summed E-state index contributed by atoms with van der Waals surface area (Å²) in [5.41, 5.74) is 6.39. The van der Waals surface area contributed by atoms with E-state index in [1.807, 2.05) is 0 Å². The number of sulfonamides is 1. The number of thiophene rings is 1. The second-order valence-corrected chi connectivity index (χ2v) is 7.67. The second-order valence-electron chi connectivity index (χ2n) is 4.07. The predicted molar refractivity (Wildman–Crippen MR) is 65.4 cm³/mol. The molecule has 0 unspecified atom stereocenters. The zero-order valence-corrected chi connectivity index (χ0v) is 11.1. The van der Waals surface area contributed by atoms with Gasteiger partial charge in [-0.25, -0.2) is 13.1 Å². The average molecular weight is 281 g/mol. The molecule has 4 nitrogen and oxygen atoms in total. The molecule has 0 aromatic carbocycles. The first-order valence-corrected chi connectivity index (χ1v) is 7.60. The van der Waals surface area contributed by atoms with Gasteiger partial charge in [-0.05, 0) is 31.4 Å². The van der Waals surface area contributed by atoms with Gasteiger partial charge >= 0.3 is 0 Å². The molecule has 3 N–H and O–H groups in total. The summed E-state index contributed by atoms with van der Waals surface area (Å²) in [7, 11) is -3.42. The van der Waals surface area contributed by atoms with Crippen LogP contribution < -0.4 is 10.5 Å². The Morgan fingerprint density at radius 2 is 2.19 bits per heavy atom. The minimum Gasteiger partial charge on any atom is -0.328 e. The van der Waals surface area contributed by atoms with Gasteiger partial charge in [0.05, 0.1) is 4.34 Å². The third kappa shape index (κ3) is 2.41. The Balaban J connectivity index is 2.13. The molecule has 0 aliphatic heterocycles. The van der Waals surface area contributed by atoms with E-state index in [0.29, 0.717) is 17.2 Å². The fourth-order valence-corrected chi connectivity index (χ4v) is 4.59. The Bertz CT molecular complexity index is 472. The number of hydrogen-bond acceptors (Lipinski definition) is 4. The molecule has 1 aromatic rings. The van der Waals surface area contributed by atoms with Gasteiger partial charge in [-0.15, -0.1) is 11.3 Å². The fraction of sp³-hybridized carbons (Fsp3) is 0.556. The van der Waals surface area contributed by atoms with Gasteiger partial charge in [-0.2, -0.15) is 0 Å². The van der Waals surface area contributed by atoms with E-state index in [0.717, 1.165) is 16.9 Å².